The molecular weight excluding hydrogens is 270 g/mol. The predicted octanol–water partition coefficient (Wildman–Crippen LogP) is 3.02. The third kappa shape index (κ3) is 3.51. The van der Waals surface area contributed by atoms with Gasteiger partial charge in [0.15, 0.2) is 11.5 Å². The smallest absolute Gasteiger partial charge is 0.337 e. The number of ether oxygens (including phenoxy) is 3. The maximum atomic E-state index is 11.6. The van der Waals surface area contributed by atoms with Crippen LogP contribution in [0.25, 0.3) is 0 Å². The van der Waals surface area contributed by atoms with E-state index < -0.39 is 5.97 Å². The molecule has 0 radical (unpaired) electrons. The fourth-order valence-electron chi connectivity index (χ4n) is 1.88. The molecule has 21 heavy (non-hydrogen) atoms. The van der Waals surface area contributed by atoms with Crippen molar-refractivity contribution in [1.29, 1.82) is 0 Å². The Kier molecular flexibility index (Phi) is 4.77. The molecule has 1 aromatic carbocycles. The van der Waals surface area contributed by atoms with Crippen molar-refractivity contribution >= 4 is 5.97 Å². The first-order chi connectivity index (χ1) is 10.2. The minimum absolute atomic E-state index is 0.270. The van der Waals surface area contributed by atoms with Crippen LogP contribution in [0.15, 0.2) is 42.6 Å². The summed E-state index contributed by atoms with van der Waals surface area (Å²) in [6, 6.07) is 10.5. The van der Waals surface area contributed by atoms with Gasteiger partial charge in [0.2, 0.25) is 0 Å². The first-order valence-corrected chi connectivity index (χ1v) is 6.49. The Morgan fingerprint density at radius 3 is 2.57 bits per heavy atom. The topological polar surface area (TPSA) is 57.7 Å². The van der Waals surface area contributed by atoms with Crippen molar-refractivity contribution < 1.29 is 19.0 Å². The second-order valence-electron chi connectivity index (χ2n) is 4.37. The zero-order valence-corrected chi connectivity index (χ0v) is 12.2. The summed E-state index contributed by atoms with van der Waals surface area (Å²) in [5.74, 6) is 0.594. The van der Waals surface area contributed by atoms with Gasteiger partial charge >= 0.3 is 5.97 Å². The molecule has 110 valence electrons. The summed E-state index contributed by atoms with van der Waals surface area (Å²) in [6.45, 7) is 1.88. The number of aromatic nitrogens is 1. The standard InChI is InChI=1S/C16H17NO4/c1-11(13-6-4-5-9-17-13)21-15-10-12(16(18)20-3)7-8-14(15)19-2/h4-11H,1-3H3. The van der Waals surface area contributed by atoms with E-state index in [1.54, 1.807) is 31.5 Å². The van der Waals surface area contributed by atoms with Crippen molar-refractivity contribution in [2.24, 2.45) is 0 Å². The minimum Gasteiger partial charge on any atom is -0.493 e. The number of hydrogen-bond donors (Lipinski definition) is 0. The highest BCUT2D eigenvalue weighted by atomic mass is 16.5. The molecular formula is C16H17NO4. The fraction of sp³-hybridized carbons (Fsp3) is 0.250. The summed E-state index contributed by atoms with van der Waals surface area (Å²) < 4.78 is 15.8. The van der Waals surface area contributed by atoms with Gasteiger partial charge in [-0.1, -0.05) is 6.07 Å². The minimum atomic E-state index is -0.423. The maximum Gasteiger partial charge on any atom is 0.337 e. The molecule has 1 aromatic heterocycles. The monoisotopic (exact) mass is 287 g/mol. The molecule has 1 atom stereocenters. The third-order valence-corrected chi connectivity index (χ3v) is 2.99. The van der Waals surface area contributed by atoms with Gasteiger partial charge < -0.3 is 14.2 Å². The van der Waals surface area contributed by atoms with Crippen molar-refractivity contribution in [3.63, 3.8) is 0 Å². The van der Waals surface area contributed by atoms with E-state index in [1.807, 2.05) is 25.1 Å². The second-order valence-corrected chi connectivity index (χ2v) is 4.37. The number of hydrogen-bond acceptors (Lipinski definition) is 5. The van der Waals surface area contributed by atoms with E-state index in [1.165, 1.54) is 7.11 Å². The molecule has 0 saturated heterocycles. The van der Waals surface area contributed by atoms with Gasteiger partial charge in [-0.25, -0.2) is 4.79 Å². The molecule has 0 spiro atoms. The highest BCUT2D eigenvalue weighted by Crippen LogP contribution is 2.31. The van der Waals surface area contributed by atoms with E-state index in [9.17, 15) is 4.79 Å². The number of carbonyl (C=O) groups is 1. The van der Waals surface area contributed by atoms with E-state index in [4.69, 9.17) is 14.2 Å². The van der Waals surface area contributed by atoms with Crippen LogP contribution < -0.4 is 9.47 Å². The van der Waals surface area contributed by atoms with Crippen LogP contribution in [-0.2, 0) is 4.74 Å². The Morgan fingerprint density at radius 2 is 1.95 bits per heavy atom. The number of methoxy groups -OCH3 is 2. The van der Waals surface area contributed by atoms with Gasteiger partial charge in [0.25, 0.3) is 0 Å². The van der Waals surface area contributed by atoms with E-state index in [2.05, 4.69) is 4.98 Å². The number of benzene rings is 1. The molecule has 0 fully saturated rings. The van der Waals surface area contributed by atoms with Gasteiger partial charge in [-0.3, -0.25) is 4.98 Å². The van der Waals surface area contributed by atoms with Gasteiger partial charge in [-0.2, -0.15) is 0 Å². The van der Waals surface area contributed by atoms with Gasteiger partial charge in [-0.05, 0) is 37.3 Å². The largest absolute Gasteiger partial charge is 0.493 e. The Balaban J connectivity index is 2.27. The zero-order valence-electron chi connectivity index (χ0n) is 12.2. The van der Waals surface area contributed by atoms with Crippen LogP contribution in [0.2, 0.25) is 0 Å². The summed E-state index contributed by atoms with van der Waals surface area (Å²) in [4.78, 5) is 15.8. The molecule has 2 aromatic rings. The molecule has 0 bridgehead atoms. The van der Waals surface area contributed by atoms with Gasteiger partial charge in [0.1, 0.15) is 6.10 Å². The van der Waals surface area contributed by atoms with Gasteiger partial charge in [-0.15, -0.1) is 0 Å². The molecule has 2 rings (SSSR count). The van der Waals surface area contributed by atoms with Crippen LogP contribution in [-0.4, -0.2) is 25.2 Å². The first-order valence-electron chi connectivity index (χ1n) is 6.49. The molecule has 0 amide bonds. The molecule has 0 aliphatic carbocycles. The van der Waals surface area contributed by atoms with Crippen LogP contribution in [0.4, 0.5) is 0 Å². The molecule has 0 aliphatic rings. The second kappa shape index (κ2) is 6.74. The lowest BCUT2D eigenvalue weighted by Crippen LogP contribution is -2.07. The van der Waals surface area contributed by atoms with Crippen molar-refractivity contribution in [1.82, 2.24) is 4.98 Å². The van der Waals surface area contributed by atoms with Crippen molar-refractivity contribution in [3.05, 3.63) is 53.9 Å². The summed E-state index contributed by atoms with van der Waals surface area (Å²) in [6.07, 6.45) is 1.44. The van der Waals surface area contributed by atoms with Crippen LogP contribution in [0.3, 0.4) is 0 Å². The molecule has 0 N–H and O–H groups in total. The molecule has 1 unspecified atom stereocenters. The Labute approximate surface area is 123 Å². The fourth-order valence-corrected chi connectivity index (χ4v) is 1.88. The van der Waals surface area contributed by atoms with E-state index in [0.717, 1.165) is 5.69 Å². The van der Waals surface area contributed by atoms with E-state index in [0.29, 0.717) is 17.1 Å². The van der Waals surface area contributed by atoms with E-state index in [-0.39, 0.29) is 6.10 Å². The predicted molar refractivity (Wildman–Crippen MR) is 77.6 cm³/mol. The van der Waals surface area contributed by atoms with Crippen molar-refractivity contribution in [2.75, 3.05) is 14.2 Å². The van der Waals surface area contributed by atoms with Crippen LogP contribution in [0.1, 0.15) is 29.1 Å². The molecule has 1 heterocycles. The lowest BCUT2D eigenvalue weighted by atomic mass is 10.2. The summed E-state index contributed by atoms with van der Waals surface area (Å²) >= 11 is 0. The third-order valence-electron chi connectivity index (χ3n) is 2.99. The lowest BCUT2D eigenvalue weighted by Gasteiger charge is -2.17. The highest BCUT2D eigenvalue weighted by Gasteiger charge is 2.15. The van der Waals surface area contributed by atoms with Gasteiger partial charge in [0, 0.05) is 6.20 Å². The Hall–Kier alpha value is -2.56. The van der Waals surface area contributed by atoms with Crippen LogP contribution in [0.5, 0.6) is 11.5 Å². The number of esters is 1. The summed E-state index contributed by atoms with van der Waals surface area (Å²) in [7, 11) is 2.88. The van der Waals surface area contributed by atoms with Crippen LogP contribution >= 0.6 is 0 Å². The molecule has 0 saturated carbocycles. The SMILES string of the molecule is COC(=O)c1ccc(OC)c(OC(C)c2ccccn2)c1. The van der Waals surface area contributed by atoms with E-state index >= 15 is 0 Å². The summed E-state index contributed by atoms with van der Waals surface area (Å²) in [5.41, 5.74) is 1.20. The molecule has 0 aliphatic heterocycles. The quantitative estimate of drug-likeness (QED) is 0.791. The summed E-state index contributed by atoms with van der Waals surface area (Å²) in [5, 5.41) is 0. The van der Waals surface area contributed by atoms with Crippen LogP contribution in [0, 0.1) is 0 Å². The van der Waals surface area contributed by atoms with Crippen molar-refractivity contribution in [3.8, 4) is 11.5 Å². The zero-order chi connectivity index (χ0) is 15.2. The average Bonchev–Trinajstić information content (AvgIpc) is 2.54. The number of pyridine rings is 1. The molecule has 5 nitrogen and oxygen atoms in total. The normalized spacial score (nSPS) is 11.6. The maximum absolute atomic E-state index is 11.6. The van der Waals surface area contributed by atoms with Gasteiger partial charge in [0.05, 0.1) is 25.5 Å². The Morgan fingerprint density at radius 1 is 1.14 bits per heavy atom. The first kappa shape index (κ1) is 14.8. The number of carbonyl (C=O) groups excluding carboxylic acids is 1. The number of rotatable bonds is 5. The van der Waals surface area contributed by atoms with Crippen molar-refractivity contribution in [2.45, 2.75) is 13.0 Å². The molecule has 5 heteroatoms. The highest BCUT2D eigenvalue weighted by molar-refractivity contribution is 5.90. The Bertz CT molecular complexity index is 613. The average molecular weight is 287 g/mol. The lowest BCUT2D eigenvalue weighted by molar-refractivity contribution is 0.0600. The number of nitrogens with zero attached hydrogens (tertiary/aromatic N) is 1.